The monoisotopic (exact) mass is 593 g/mol. The average Bonchev–Trinajstić information content (AvgIpc) is 3.41. The van der Waals surface area contributed by atoms with Crippen molar-refractivity contribution in [3.63, 3.8) is 0 Å². The third-order valence-corrected chi connectivity index (χ3v) is 7.82. The van der Waals surface area contributed by atoms with E-state index in [-0.39, 0.29) is 10.7 Å². The number of alkyl halides is 3. The summed E-state index contributed by atoms with van der Waals surface area (Å²) < 4.78 is 41.9. The summed E-state index contributed by atoms with van der Waals surface area (Å²) in [6.45, 7) is 2.07. The second kappa shape index (κ2) is 12.2. The minimum Gasteiger partial charge on any atom is -0.323 e. The highest BCUT2D eigenvalue weighted by molar-refractivity contribution is 8.00. The number of carbonyl (C=O) groups excluding carboxylic acids is 1. The van der Waals surface area contributed by atoms with E-state index < -0.39 is 22.9 Å². The summed E-state index contributed by atoms with van der Waals surface area (Å²) in [6.07, 6.45) is -0.416. The fourth-order valence-electron chi connectivity index (χ4n) is 4.15. The van der Waals surface area contributed by atoms with E-state index in [4.69, 9.17) is 11.6 Å². The molecule has 0 bridgehead atoms. The van der Waals surface area contributed by atoms with Crippen molar-refractivity contribution in [3.05, 3.63) is 119 Å². The second-order valence-electron chi connectivity index (χ2n) is 8.99. The molecule has 5 aromatic rings. The van der Waals surface area contributed by atoms with Crippen LogP contribution in [-0.4, -0.2) is 25.7 Å². The molecule has 0 aliphatic carbocycles. The molecule has 11 heteroatoms. The number of hydrogen-bond donors (Lipinski definition) is 1. The Labute approximate surface area is 243 Å². The van der Waals surface area contributed by atoms with Gasteiger partial charge in [0, 0.05) is 23.6 Å². The van der Waals surface area contributed by atoms with E-state index in [1.54, 1.807) is 36.7 Å². The number of carbonyl (C=O) groups is 1. The molecule has 208 valence electrons. The van der Waals surface area contributed by atoms with E-state index in [0.717, 1.165) is 53.2 Å². The third kappa shape index (κ3) is 6.44. The number of amides is 1. The predicted molar refractivity (Wildman–Crippen MR) is 154 cm³/mol. The number of aromatic nitrogens is 4. The smallest absolute Gasteiger partial charge is 0.323 e. The predicted octanol–water partition coefficient (Wildman–Crippen LogP) is 8.04. The Kier molecular flexibility index (Phi) is 8.41. The minimum atomic E-state index is -4.59. The highest BCUT2D eigenvalue weighted by atomic mass is 35.5. The van der Waals surface area contributed by atoms with Crippen LogP contribution >= 0.6 is 23.4 Å². The van der Waals surface area contributed by atoms with Gasteiger partial charge in [-0.15, -0.1) is 10.2 Å². The number of benzene rings is 3. The molecule has 2 aromatic heterocycles. The van der Waals surface area contributed by atoms with Gasteiger partial charge in [0.1, 0.15) is 5.25 Å². The molecule has 0 spiro atoms. The summed E-state index contributed by atoms with van der Waals surface area (Å²) in [5, 5.41) is 11.0. The first kappa shape index (κ1) is 28.4. The first-order chi connectivity index (χ1) is 19.7. The summed E-state index contributed by atoms with van der Waals surface area (Å²) in [5.41, 5.74) is 2.28. The first-order valence-corrected chi connectivity index (χ1v) is 13.8. The summed E-state index contributed by atoms with van der Waals surface area (Å²) >= 11 is 7.31. The SMILES string of the molecule is CCc1ccc(-n2c(S[C@@H](C(=O)Nc3cc(C(F)(F)F)ccc3Cl)c3ccccc3)nnc2-c2ccncc2)cc1. The van der Waals surface area contributed by atoms with E-state index >= 15 is 0 Å². The van der Waals surface area contributed by atoms with Crippen LogP contribution in [0.1, 0.15) is 28.9 Å². The van der Waals surface area contributed by atoms with Crippen LogP contribution in [0.25, 0.3) is 17.1 Å². The molecule has 1 N–H and O–H groups in total. The quantitative estimate of drug-likeness (QED) is 0.184. The van der Waals surface area contributed by atoms with E-state index in [2.05, 4.69) is 27.4 Å². The molecule has 0 radical (unpaired) electrons. The van der Waals surface area contributed by atoms with Crippen molar-refractivity contribution in [2.45, 2.75) is 29.9 Å². The fraction of sp³-hybridized carbons (Fsp3) is 0.133. The van der Waals surface area contributed by atoms with Gasteiger partial charge in [-0.05, 0) is 60.0 Å². The molecule has 0 aliphatic heterocycles. The fourth-order valence-corrected chi connectivity index (χ4v) is 5.37. The standard InChI is InChI=1S/C30H23ClF3N5OS/c1-2-19-8-11-23(12-9-19)39-27(21-14-16-35-17-15-21)37-38-29(39)41-26(20-6-4-3-5-7-20)28(40)36-25-18-22(30(32,33)34)10-13-24(25)31/h3-18,26H,2H2,1H3,(H,36,40)/t26-/m1/s1. The molecular formula is C30H23ClF3N5OS. The number of hydrogen-bond acceptors (Lipinski definition) is 5. The molecule has 0 saturated carbocycles. The van der Waals surface area contributed by atoms with E-state index in [1.807, 2.05) is 47.0 Å². The van der Waals surface area contributed by atoms with Crippen LogP contribution in [0.5, 0.6) is 0 Å². The highest BCUT2D eigenvalue weighted by Gasteiger charge is 2.32. The number of anilines is 1. The lowest BCUT2D eigenvalue weighted by atomic mass is 10.1. The molecule has 0 fully saturated rings. The van der Waals surface area contributed by atoms with Crippen LogP contribution in [0, 0.1) is 0 Å². The van der Waals surface area contributed by atoms with Crippen molar-refractivity contribution in [3.8, 4) is 17.1 Å². The van der Waals surface area contributed by atoms with E-state index in [1.165, 1.54) is 0 Å². The maximum absolute atomic E-state index is 13.7. The zero-order valence-electron chi connectivity index (χ0n) is 21.6. The molecule has 1 amide bonds. The van der Waals surface area contributed by atoms with Crippen molar-refractivity contribution in [2.75, 3.05) is 5.32 Å². The Bertz CT molecular complexity index is 1650. The molecule has 6 nitrogen and oxygen atoms in total. The summed E-state index contributed by atoms with van der Waals surface area (Å²) in [7, 11) is 0. The van der Waals surface area contributed by atoms with Crippen molar-refractivity contribution in [2.24, 2.45) is 0 Å². The van der Waals surface area contributed by atoms with Gasteiger partial charge in [-0.2, -0.15) is 13.2 Å². The summed E-state index contributed by atoms with van der Waals surface area (Å²) in [4.78, 5) is 17.8. The lowest BCUT2D eigenvalue weighted by Crippen LogP contribution is -2.20. The molecule has 0 saturated heterocycles. The molecule has 2 heterocycles. The second-order valence-corrected chi connectivity index (χ2v) is 10.5. The molecule has 0 aliphatic rings. The molecule has 3 aromatic carbocycles. The number of pyridine rings is 1. The maximum atomic E-state index is 13.7. The van der Waals surface area contributed by atoms with Gasteiger partial charge in [-0.1, -0.05) is 72.8 Å². The number of nitrogens with zero attached hydrogens (tertiary/aromatic N) is 4. The van der Waals surface area contributed by atoms with E-state index in [9.17, 15) is 18.0 Å². The third-order valence-electron chi connectivity index (χ3n) is 6.29. The first-order valence-electron chi connectivity index (χ1n) is 12.6. The van der Waals surface area contributed by atoms with Gasteiger partial charge in [-0.3, -0.25) is 14.3 Å². The minimum absolute atomic E-state index is 0.0117. The Hall–Kier alpha value is -4.15. The zero-order valence-corrected chi connectivity index (χ0v) is 23.2. The zero-order chi connectivity index (χ0) is 29.0. The van der Waals surface area contributed by atoms with Crippen molar-refractivity contribution in [1.29, 1.82) is 0 Å². The largest absolute Gasteiger partial charge is 0.416 e. The number of rotatable bonds is 8. The van der Waals surface area contributed by atoms with Crippen LogP contribution in [0.3, 0.4) is 0 Å². The van der Waals surface area contributed by atoms with Gasteiger partial charge >= 0.3 is 6.18 Å². The molecule has 5 rings (SSSR count). The number of aryl methyl sites for hydroxylation is 1. The van der Waals surface area contributed by atoms with Crippen molar-refractivity contribution in [1.82, 2.24) is 19.7 Å². The summed E-state index contributed by atoms with van der Waals surface area (Å²) in [6, 6.07) is 23.3. The van der Waals surface area contributed by atoms with Gasteiger partial charge in [0.15, 0.2) is 11.0 Å². The van der Waals surface area contributed by atoms with Crippen molar-refractivity contribution < 1.29 is 18.0 Å². The van der Waals surface area contributed by atoms with Gasteiger partial charge < -0.3 is 5.32 Å². The molecule has 41 heavy (non-hydrogen) atoms. The highest BCUT2D eigenvalue weighted by Crippen LogP contribution is 2.39. The van der Waals surface area contributed by atoms with Crippen molar-refractivity contribution >= 4 is 35.0 Å². The van der Waals surface area contributed by atoms with Gasteiger partial charge in [0.25, 0.3) is 0 Å². The number of nitrogens with one attached hydrogen (secondary N) is 1. The lowest BCUT2D eigenvalue weighted by Gasteiger charge is -2.19. The van der Waals surface area contributed by atoms with Crippen LogP contribution < -0.4 is 5.32 Å². The number of thioether (sulfide) groups is 1. The van der Waals surface area contributed by atoms with Crippen LogP contribution in [0.2, 0.25) is 5.02 Å². The van der Waals surface area contributed by atoms with E-state index in [0.29, 0.717) is 16.5 Å². The molecule has 0 unspecified atom stereocenters. The molecular weight excluding hydrogens is 571 g/mol. The Morgan fingerprint density at radius 2 is 1.68 bits per heavy atom. The molecule has 1 atom stereocenters. The Morgan fingerprint density at radius 1 is 0.976 bits per heavy atom. The van der Waals surface area contributed by atoms with Crippen LogP contribution in [-0.2, 0) is 17.4 Å². The van der Waals surface area contributed by atoms with Crippen LogP contribution in [0.15, 0.2) is 102 Å². The van der Waals surface area contributed by atoms with Crippen LogP contribution in [0.4, 0.5) is 18.9 Å². The Morgan fingerprint density at radius 3 is 2.34 bits per heavy atom. The van der Waals surface area contributed by atoms with Gasteiger partial charge in [0.05, 0.1) is 16.3 Å². The summed E-state index contributed by atoms with van der Waals surface area (Å²) in [5.74, 6) is -0.0175. The Balaban J connectivity index is 1.56. The maximum Gasteiger partial charge on any atom is 0.416 e. The topological polar surface area (TPSA) is 72.7 Å². The van der Waals surface area contributed by atoms with Gasteiger partial charge in [-0.25, -0.2) is 0 Å². The lowest BCUT2D eigenvalue weighted by molar-refractivity contribution is -0.137. The average molecular weight is 594 g/mol. The van der Waals surface area contributed by atoms with Gasteiger partial charge in [0.2, 0.25) is 5.91 Å². The normalized spacial score (nSPS) is 12.2. The number of halogens is 4.